The number of fused-ring (bicyclic) bond motifs is 1. The fourth-order valence-electron chi connectivity index (χ4n) is 5.06. The molecule has 3 aromatic carbocycles. The number of aromatic nitrogens is 2. The van der Waals surface area contributed by atoms with Crippen LogP contribution in [0.5, 0.6) is 0 Å². The summed E-state index contributed by atoms with van der Waals surface area (Å²) in [6, 6.07) is 21.7. The summed E-state index contributed by atoms with van der Waals surface area (Å²) < 4.78 is 1.78. The SMILES string of the molecule is CN(C)Cc1cccc(-c2ccc(NC(=O)c3ccc4c(=O)n(C5CCCCC5)cnc4c3)cc2)c1. The number of nitrogens with one attached hydrogen (secondary N) is 1. The summed E-state index contributed by atoms with van der Waals surface area (Å²) >= 11 is 0. The molecular weight excluding hydrogens is 448 g/mol. The van der Waals surface area contributed by atoms with E-state index in [0.29, 0.717) is 22.2 Å². The number of carbonyl (C=O) groups is 1. The maximum absolute atomic E-state index is 13.0. The van der Waals surface area contributed by atoms with Crippen molar-refractivity contribution in [2.24, 2.45) is 0 Å². The summed E-state index contributed by atoms with van der Waals surface area (Å²) in [5, 5.41) is 3.52. The van der Waals surface area contributed by atoms with E-state index < -0.39 is 0 Å². The predicted molar refractivity (Wildman–Crippen MR) is 145 cm³/mol. The molecule has 0 unspecified atom stereocenters. The highest BCUT2D eigenvalue weighted by Crippen LogP contribution is 2.27. The molecule has 0 atom stereocenters. The largest absolute Gasteiger partial charge is 0.322 e. The summed E-state index contributed by atoms with van der Waals surface area (Å²) in [5.41, 5.74) is 5.21. The molecule has 6 nitrogen and oxygen atoms in total. The molecule has 184 valence electrons. The number of benzene rings is 3. The average molecular weight is 481 g/mol. The predicted octanol–water partition coefficient (Wildman–Crippen LogP) is 5.88. The van der Waals surface area contributed by atoms with Crippen molar-refractivity contribution in [2.75, 3.05) is 19.4 Å². The van der Waals surface area contributed by atoms with E-state index in [-0.39, 0.29) is 17.5 Å². The van der Waals surface area contributed by atoms with E-state index in [0.717, 1.165) is 43.4 Å². The molecule has 1 aliphatic carbocycles. The summed E-state index contributed by atoms with van der Waals surface area (Å²) in [5.74, 6) is -0.226. The summed E-state index contributed by atoms with van der Waals surface area (Å²) in [6.45, 7) is 0.886. The average Bonchev–Trinajstić information content (AvgIpc) is 2.89. The van der Waals surface area contributed by atoms with Gasteiger partial charge >= 0.3 is 0 Å². The van der Waals surface area contributed by atoms with Crippen molar-refractivity contribution < 1.29 is 4.79 Å². The van der Waals surface area contributed by atoms with Crippen LogP contribution in [0.3, 0.4) is 0 Å². The highest BCUT2D eigenvalue weighted by Gasteiger charge is 2.18. The van der Waals surface area contributed by atoms with Gasteiger partial charge in [-0.25, -0.2) is 4.98 Å². The van der Waals surface area contributed by atoms with Gasteiger partial charge in [0.1, 0.15) is 0 Å². The number of anilines is 1. The Bertz CT molecular complexity index is 1430. The van der Waals surface area contributed by atoms with E-state index in [1.54, 1.807) is 29.1 Å². The number of amides is 1. The molecule has 1 aromatic heterocycles. The van der Waals surface area contributed by atoms with Crippen LogP contribution in [0, 0.1) is 0 Å². The van der Waals surface area contributed by atoms with Gasteiger partial charge in [0.25, 0.3) is 11.5 Å². The van der Waals surface area contributed by atoms with E-state index in [1.807, 2.05) is 24.3 Å². The van der Waals surface area contributed by atoms with Gasteiger partial charge in [-0.2, -0.15) is 0 Å². The third-order valence-electron chi connectivity index (χ3n) is 6.92. The molecule has 0 saturated heterocycles. The number of carbonyl (C=O) groups excluding carboxylic acids is 1. The van der Waals surface area contributed by atoms with Crippen LogP contribution in [0.2, 0.25) is 0 Å². The lowest BCUT2D eigenvalue weighted by Crippen LogP contribution is -2.26. The quantitative estimate of drug-likeness (QED) is 0.374. The second-order valence-corrected chi connectivity index (χ2v) is 9.95. The molecule has 1 fully saturated rings. The molecule has 6 heteroatoms. The molecule has 0 bridgehead atoms. The van der Waals surface area contributed by atoms with E-state index in [9.17, 15) is 9.59 Å². The van der Waals surface area contributed by atoms with Crippen LogP contribution in [-0.2, 0) is 6.54 Å². The molecule has 36 heavy (non-hydrogen) atoms. The molecule has 1 N–H and O–H groups in total. The maximum atomic E-state index is 13.0. The zero-order valence-corrected chi connectivity index (χ0v) is 20.9. The molecule has 1 aliphatic rings. The number of rotatable bonds is 6. The lowest BCUT2D eigenvalue weighted by Gasteiger charge is -2.23. The van der Waals surface area contributed by atoms with Gasteiger partial charge in [-0.3, -0.25) is 14.2 Å². The van der Waals surface area contributed by atoms with Crippen molar-refractivity contribution in [1.29, 1.82) is 0 Å². The lowest BCUT2D eigenvalue weighted by molar-refractivity contribution is 0.102. The zero-order valence-electron chi connectivity index (χ0n) is 20.9. The summed E-state index contributed by atoms with van der Waals surface area (Å²) in [6.07, 6.45) is 7.23. The second-order valence-electron chi connectivity index (χ2n) is 9.95. The van der Waals surface area contributed by atoms with Crippen molar-refractivity contribution in [3.63, 3.8) is 0 Å². The van der Waals surface area contributed by atoms with Crippen LogP contribution in [-0.4, -0.2) is 34.5 Å². The van der Waals surface area contributed by atoms with Gasteiger partial charge in [0.15, 0.2) is 0 Å². The van der Waals surface area contributed by atoms with Gasteiger partial charge in [0, 0.05) is 23.8 Å². The third kappa shape index (κ3) is 5.24. The van der Waals surface area contributed by atoms with Crippen molar-refractivity contribution in [3.05, 3.63) is 94.5 Å². The van der Waals surface area contributed by atoms with Gasteiger partial charge in [0.2, 0.25) is 0 Å². The Morgan fingerprint density at radius 1 is 0.972 bits per heavy atom. The Morgan fingerprint density at radius 3 is 2.50 bits per heavy atom. The Kier molecular flexibility index (Phi) is 6.96. The molecule has 1 amide bonds. The zero-order chi connectivity index (χ0) is 25.1. The number of hydrogen-bond acceptors (Lipinski definition) is 4. The Morgan fingerprint density at radius 2 is 1.75 bits per heavy atom. The molecule has 0 radical (unpaired) electrons. The first-order valence-electron chi connectivity index (χ1n) is 12.6. The van der Waals surface area contributed by atoms with Gasteiger partial charge in [0.05, 0.1) is 17.2 Å². The van der Waals surface area contributed by atoms with Crippen LogP contribution in [0.25, 0.3) is 22.0 Å². The Hall–Kier alpha value is -3.77. The van der Waals surface area contributed by atoms with Crippen LogP contribution in [0.1, 0.15) is 54.1 Å². The van der Waals surface area contributed by atoms with Crippen molar-refractivity contribution in [1.82, 2.24) is 14.5 Å². The number of hydrogen-bond donors (Lipinski definition) is 1. The minimum atomic E-state index is -0.226. The normalized spacial score (nSPS) is 14.3. The van der Waals surface area contributed by atoms with Gasteiger partial charge in [-0.15, -0.1) is 0 Å². The molecular formula is C30H32N4O2. The van der Waals surface area contributed by atoms with Crippen molar-refractivity contribution in [2.45, 2.75) is 44.7 Å². The van der Waals surface area contributed by atoms with Crippen LogP contribution < -0.4 is 10.9 Å². The molecule has 4 aromatic rings. The smallest absolute Gasteiger partial charge is 0.261 e. The van der Waals surface area contributed by atoms with E-state index in [4.69, 9.17) is 0 Å². The van der Waals surface area contributed by atoms with Gasteiger partial charge < -0.3 is 10.2 Å². The second kappa shape index (κ2) is 10.5. The first-order valence-corrected chi connectivity index (χ1v) is 12.6. The summed E-state index contributed by atoms with van der Waals surface area (Å²) in [7, 11) is 4.12. The van der Waals surface area contributed by atoms with E-state index in [2.05, 4.69) is 53.6 Å². The maximum Gasteiger partial charge on any atom is 0.261 e. The minimum absolute atomic E-state index is 0.0240. The first-order chi connectivity index (χ1) is 17.5. The highest BCUT2D eigenvalue weighted by molar-refractivity contribution is 6.06. The Balaban J connectivity index is 1.31. The molecule has 5 rings (SSSR count). The van der Waals surface area contributed by atoms with Gasteiger partial charge in [-0.05, 0) is 80.0 Å². The third-order valence-corrected chi connectivity index (χ3v) is 6.92. The fraction of sp³-hybridized carbons (Fsp3) is 0.300. The van der Waals surface area contributed by atoms with E-state index >= 15 is 0 Å². The molecule has 1 heterocycles. The van der Waals surface area contributed by atoms with E-state index in [1.165, 1.54) is 12.0 Å². The molecule has 1 saturated carbocycles. The lowest BCUT2D eigenvalue weighted by atomic mass is 9.95. The number of nitrogens with zero attached hydrogens (tertiary/aromatic N) is 3. The minimum Gasteiger partial charge on any atom is -0.322 e. The molecule has 0 spiro atoms. The Labute approximate surface area is 211 Å². The van der Waals surface area contributed by atoms with Crippen molar-refractivity contribution in [3.8, 4) is 11.1 Å². The van der Waals surface area contributed by atoms with Crippen LogP contribution in [0.15, 0.2) is 77.9 Å². The fourth-order valence-corrected chi connectivity index (χ4v) is 5.06. The standard InChI is InChI=1S/C30H32N4O2/c1-33(2)19-21-7-6-8-23(17-21)22-11-14-25(15-12-22)32-29(35)24-13-16-27-28(18-24)31-20-34(30(27)36)26-9-4-3-5-10-26/h6-8,11-18,20,26H,3-5,9-10,19H2,1-2H3,(H,32,35). The monoisotopic (exact) mass is 480 g/mol. The summed E-state index contributed by atoms with van der Waals surface area (Å²) in [4.78, 5) is 32.6. The van der Waals surface area contributed by atoms with Crippen LogP contribution in [0.4, 0.5) is 5.69 Å². The topological polar surface area (TPSA) is 67.2 Å². The van der Waals surface area contributed by atoms with Crippen molar-refractivity contribution >= 4 is 22.5 Å². The first kappa shape index (κ1) is 23.9. The van der Waals surface area contributed by atoms with Gasteiger partial charge in [-0.1, -0.05) is 49.6 Å². The van der Waals surface area contributed by atoms with Crippen LogP contribution >= 0.6 is 0 Å². The highest BCUT2D eigenvalue weighted by atomic mass is 16.1. The molecule has 0 aliphatic heterocycles.